The van der Waals surface area contributed by atoms with E-state index in [1.54, 1.807) is 25.1 Å². The summed E-state index contributed by atoms with van der Waals surface area (Å²) in [6.45, 7) is 1.82. The summed E-state index contributed by atoms with van der Waals surface area (Å²) in [5.41, 5.74) is 1.31. The zero-order valence-electron chi connectivity index (χ0n) is 10.3. The van der Waals surface area contributed by atoms with E-state index in [0.29, 0.717) is 10.7 Å². The molecular formula is C12H15ClN2O4. The maximum absolute atomic E-state index is 11.5. The molecule has 1 aromatic carbocycles. The number of carbonyl (C=O) groups excluding carboxylic acids is 1. The molecule has 4 N–H and O–H groups in total. The van der Waals surface area contributed by atoms with E-state index in [1.807, 2.05) is 0 Å². The Bertz CT molecular complexity index is 479. The number of amides is 2. The first-order valence-electron chi connectivity index (χ1n) is 5.62. The van der Waals surface area contributed by atoms with Crippen LogP contribution in [0.3, 0.4) is 0 Å². The molecule has 0 aromatic heterocycles. The Labute approximate surface area is 115 Å². The Kier molecular flexibility index (Phi) is 5.59. The van der Waals surface area contributed by atoms with Gasteiger partial charge in [0.05, 0.1) is 0 Å². The second-order valence-corrected chi connectivity index (χ2v) is 4.34. The lowest BCUT2D eigenvalue weighted by Gasteiger charge is -2.11. The van der Waals surface area contributed by atoms with Gasteiger partial charge >= 0.3 is 12.0 Å². The largest absolute Gasteiger partial charge is 0.479 e. The van der Waals surface area contributed by atoms with Crippen LogP contribution >= 0.6 is 11.6 Å². The number of hydrogen-bond donors (Lipinski definition) is 4. The minimum Gasteiger partial charge on any atom is -0.479 e. The number of aliphatic hydroxyl groups is 1. The summed E-state index contributed by atoms with van der Waals surface area (Å²) >= 11 is 5.91. The van der Waals surface area contributed by atoms with Gasteiger partial charge in [-0.25, -0.2) is 9.59 Å². The summed E-state index contributed by atoms with van der Waals surface area (Å²) in [4.78, 5) is 21.9. The molecule has 6 nitrogen and oxygen atoms in total. The molecule has 2 amide bonds. The molecule has 0 aliphatic rings. The summed E-state index contributed by atoms with van der Waals surface area (Å²) in [6, 6.07) is 4.64. The van der Waals surface area contributed by atoms with Crippen molar-refractivity contribution in [2.24, 2.45) is 0 Å². The number of anilines is 1. The van der Waals surface area contributed by atoms with Gasteiger partial charge in [0.25, 0.3) is 0 Å². The molecule has 19 heavy (non-hydrogen) atoms. The van der Waals surface area contributed by atoms with Crippen molar-refractivity contribution in [3.05, 3.63) is 28.8 Å². The van der Waals surface area contributed by atoms with Crippen molar-refractivity contribution >= 4 is 29.3 Å². The highest BCUT2D eigenvalue weighted by molar-refractivity contribution is 6.31. The molecule has 0 fully saturated rings. The maximum Gasteiger partial charge on any atom is 0.332 e. The first-order valence-corrected chi connectivity index (χ1v) is 6.00. The Hall–Kier alpha value is -1.79. The second-order valence-electron chi connectivity index (χ2n) is 3.94. The third-order valence-electron chi connectivity index (χ3n) is 2.50. The summed E-state index contributed by atoms with van der Waals surface area (Å²) in [5.74, 6) is -1.31. The van der Waals surface area contributed by atoms with Crippen LogP contribution in [0.4, 0.5) is 10.5 Å². The lowest BCUT2D eigenvalue weighted by Crippen LogP contribution is -2.33. The van der Waals surface area contributed by atoms with Gasteiger partial charge in [0.2, 0.25) is 0 Å². The van der Waals surface area contributed by atoms with Crippen LogP contribution in [0.15, 0.2) is 18.2 Å². The quantitative estimate of drug-likeness (QED) is 0.661. The number of urea groups is 1. The van der Waals surface area contributed by atoms with E-state index in [0.717, 1.165) is 5.56 Å². The first kappa shape index (κ1) is 15.3. The number of carboxylic acids is 1. The van der Waals surface area contributed by atoms with Crippen LogP contribution in [0.5, 0.6) is 0 Å². The van der Waals surface area contributed by atoms with E-state index in [4.69, 9.17) is 21.8 Å². The molecule has 0 spiro atoms. The van der Waals surface area contributed by atoms with Crippen molar-refractivity contribution in [1.82, 2.24) is 5.32 Å². The van der Waals surface area contributed by atoms with Crippen molar-refractivity contribution in [3.63, 3.8) is 0 Å². The van der Waals surface area contributed by atoms with Gasteiger partial charge in [-0.15, -0.1) is 0 Å². The van der Waals surface area contributed by atoms with Crippen LogP contribution in [0.25, 0.3) is 0 Å². The molecule has 0 saturated heterocycles. The van der Waals surface area contributed by atoms with E-state index in [1.165, 1.54) is 0 Å². The average molecular weight is 287 g/mol. The van der Waals surface area contributed by atoms with Crippen molar-refractivity contribution in [1.29, 1.82) is 0 Å². The van der Waals surface area contributed by atoms with Gasteiger partial charge in [0.1, 0.15) is 0 Å². The van der Waals surface area contributed by atoms with E-state index < -0.39 is 18.1 Å². The standard InChI is InChI=1S/C12H15ClN2O4/c1-7-8(13)3-2-4-9(7)15-12(19)14-6-5-10(16)11(17)18/h2-4,10,16H,5-6H2,1H3,(H,17,18)(H2,14,15,19)/t10-/m0/s1. The van der Waals surface area contributed by atoms with Gasteiger partial charge < -0.3 is 20.8 Å². The number of carbonyl (C=O) groups is 2. The minimum absolute atomic E-state index is 0.0545. The molecule has 1 atom stereocenters. The molecule has 0 aliphatic carbocycles. The van der Waals surface area contributed by atoms with E-state index in [-0.39, 0.29) is 13.0 Å². The third-order valence-corrected chi connectivity index (χ3v) is 2.91. The van der Waals surface area contributed by atoms with Crippen molar-refractivity contribution in [2.75, 3.05) is 11.9 Å². The molecule has 7 heteroatoms. The van der Waals surface area contributed by atoms with Crippen LogP contribution in [-0.4, -0.2) is 34.9 Å². The Balaban J connectivity index is 2.43. The lowest BCUT2D eigenvalue weighted by atomic mass is 10.2. The zero-order chi connectivity index (χ0) is 14.4. The fourth-order valence-corrected chi connectivity index (χ4v) is 1.53. The smallest absolute Gasteiger partial charge is 0.332 e. The highest BCUT2D eigenvalue weighted by Gasteiger charge is 2.13. The van der Waals surface area contributed by atoms with Crippen molar-refractivity contribution in [3.8, 4) is 0 Å². The summed E-state index contributed by atoms with van der Waals surface area (Å²) in [7, 11) is 0. The van der Waals surface area contributed by atoms with Crippen molar-refractivity contribution < 1.29 is 19.8 Å². The molecule has 104 valence electrons. The van der Waals surface area contributed by atoms with Crippen LogP contribution in [0.2, 0.25) is 5.02 Å². The van der Waals surface area contributed by atoms with Crippen LogP contribution in [0.1, 0.15) is 12.0 Å². The van der Waals surface area contributed by atoms with Crippen LogP contribution < -0.4 is 10.6 Å². The number of carboxylic acid groups (broad SMARTS) is 1. The maximum atomic E-state index is 11.5. The zero-order valence-corrected chi connectivity index (χ0v) is 11.1. The Morgan fingerprint density at radius 3 is 2.74 bits per heavy atom. The number of aliphatic carboxylic acids is 1. The molecule has 1 rings (SSSR count). The molecule has 0 bridgehead atoms. The average Bonchev–Trinajstić information content (AvgIpc) is 2.34. The monoisotopic (exact) mass is 286 g/mol. The normalized spacial score (nSPS) is 11.7. The van der Waals surface area contributed by atoms with Crippen LogP contribution in [-0.2, 0) is 4.79 Å². The number of benzene rings is 1. The predicted molar refractivity (Wildman–Crippen MR) is 71.5 cm³/mol. The summed E-state index contributed by atoms with van der Waals surface area (Å²) in [6.07, 6.45) is -1.54. The number of halogens is 1. The molecule has 0 saturated carbocycles. The number of hydrogen-bond acceptors (Lipinski definition) is 3. The fraction of sp³-hybridized carbons (Fsp3) is 0.333. The highest BCUT2D eigenvalue weighted by Crippen LogP contribution is 2.22. The van der Waals surface area contributed by atoms with Gasteiger partial charge in [-0.1, -0.05) is 17.7 Å². The van der Waals surface area contributed by atoms with E-state index >= 15 is 0 Å². The van der Waals surface area contributed by atoms with E-state index in [2.05, 4.69) is 10.6 Å². The molecule has 0 heterocycles. The number of rotatable bonds is 5. The highest BCUT2D eigenvalue weighted by atomic mass is 35.5. The Morgan fingerprint density at radius 2 is 2.11 bits per heavy atom. The van der Waals surface area contributed by atoms with Crippen LogP contribution in [0, 0.1) is 6.92 Å². The fourth-order valence-electron chi connectivity index (χ4n) is 1.36. The van der Waals surface area contributed by atoms with Gasteiger partial charge in [-0.05, 0) is 24.6 Å². The number of nitrogens with one attached hydrogen (secondary N) is 2. The summed E-state index contributed by atoms with van der Waals surface area (Å²) < 4.78 is 0. The molecule has 0 aliphatic heterocycles. The Morgan fingerprint density at radius 1 is 1.42 bits per heavy atom. The van der Waals surface area contributed by atoms with Gasteiger partial charge in [-0.2, -0.15) is 0 Å². The second kappa shape index (κ2) is 6.96. The summed E-state index contributed by atoms with van der Waals surface area (Å²) in [5, 5.41) is 23.1. The molecule has 0 radical (unpaired) electrons. The van der Waals surface area contributed by atoms with E-state index in [9.17, 15) is 9.59 Å². The molecule has 1 aromatic rings. The SMILES string of the molecule is Cc1c(Cl)cccc1NC(=O)NCC[C@H](O)C(=O)O. The third kappa shape index (κ3) is 4.76. The molecular weight excluding hydrogens is 272 g/mol. The number of aliphatic hydroxyl groups excluding tert-OH is 1. The predicted octanol–water partition coefficient (Wildman–Crippen LogP) is 1.61. The van der Waals surface area contributed by atoms with Gasteiger partial charge in [0.15, 0.2) is 6.10 Å². The van der Waals surface area contributed by atoms with Crippen molar-refractivity contribution in [2.45, 2.75) is 19.4 Å². The van der Waals surface area contributed by atoms with Gasteiger partial charge in [-0.3, -0.25) is 0 Å². The lowest BCUT2D eigenvalue weighted by molar-refractivity contribution is -0.146. The first-order chi connectivity index (χ1) is 8.91. The minimum atomic E-state index is -1.48. The topological polar surface area (TPSA) is 98.7 Å². The van der Waals surface area contributed by atoms with Gasteiger partial charge in [0, 0.05) is 23.7 Å². The molecule has 0 unspecified atom stereocenters.